The predicted octanol–water partition coefficient (Wildman–Crippen LogP) is 2.16. The van der Waals surface area contributed by atoms with Gasteiger partial charge in [0.15, 0.2) is 0 Å². The highest BCUT2D eigenvalue weighted by atomic mass is 35.5. The Morgan fingerprint density at radius 1 is 0.783 bits per heavy atom. The highest BCUT2D eigenvalue weighted by Gasteiger charge is 2.39. The van der Waals surface area contributed by atoms with E-state index in [0.717, 1.165) is 0 Å². The minimum absolute atomic E-state index is 0.0245. The van der Waals surface area contributed by atoms with Gasteiger partial charge in [0.2, 0.25) is 0 Å². The molecule has 0 bridgehead atoms. The molecular weight excluding hydrogens is 393 g/mol. The highest BCUT2D eigenvalue weighted by molar-refractivity contribution is 7.48. The van der Waals surface area contributed by atoms with Crippen LogP contribution < -0.4 is 0 Å². The lowest BCUT2D eigenvalue weighted by Gasteiger charge is -2.21. The molecule has 3 aliphatic heterocycles. The van der Waals surface area contributed by atoms with Crippen LogP contribution in [0.3, 0.4) is 0 Å². The third-order valence-electron chi connectivity index (χ3n) is 3.46. The molecule has 0 aromatic carbocycles. The van der Waals surface area contributed by atoms with Crippen molar-refractivity contribution in [1.82, 2.24) is 0 Å². The van der Waals surface area contributed by atoms with Crippen molar-refractivity contribution >= 4 is 42.6 Å². The molecule has 3 aliphatic rings. The molecule has 0 aromatic heterocycles. The van der Waals surface area contributed by atoms with E-state index in [1.807, 2.05) is 0 Å². The van der Waals surface area contributed by atoms with Crippen LogP contribution in [0.25, 0.3) is 0 Å². The van der Waals surface area contributed by atoms with Crippen molar-refractivity contribution in [2.45, 2.75) is 34.4 Å². The van der Waals surface area contributed by atoms with E-state index in [0.29, 0.717) is 19.8 Å². The average Bonchev–Trinajstić information content (AvgIpc) is 3.43. The van der Waals surface area contributed by atoms with Crippen LogP contribution in [-0.4, -0.2) is 74.1 Å². The Morgan fingerprint density at radius 3 is 1.26 bits per heavy atom. The Bertz CT molecular complexity index is 383. The molecule has 0 aliphatic carbocycles. The number of ether oxygens (including phenoxy) is 3. The molecule has 0 saturated carbocycles. The summed E-state index contributed by atoms with van der Waals surface area (Å²) in [6.45, 7) is 1.62. The lowest BCUT2D eigenvalue weighted by molar-refractivity contribution is 0.107. The van der Waals surface area contributed by atoms with Gasteiger partial charge in [-0.2, -0.15) is 0 Å². The van der Waals surface area contributed by atoms with E-state index >= 15 is 0 Å². The van der Waals surface area contributed by atoms with Gasteiger partial charge >= 0.3 is 7.82 Å². The number of phosphoric ester groups is 1. The van der Waals surface area contributed by atoms with Gasteiger partial charge in [0.05, 0.1) is 74.1 Å². The molecule has 3 heterocycles. The molecule has 3 fully saturated rings. The van der Waals surface area contributed by atoms with Crippen molar-refractivity contribution in [3.05, 3.63) is 0 Å². The highest BCUT2D eigenvalue weighted by Crippen LogP contribution is 2.51. The van der Waals surface area contributed by atoms with Crippen LogP contribution in [0.15, 0.2) is 0 Å². The summed E-state index contributed by atoms with van der Waals surface area (Å²) in [5.74, 6) is 0. The quantitative estimate of drug-likeness (QED) is 0.276. The van der Waals surface area contributed by atoms with Crippen LogP contribution in [0, 0.1) is 0 Å². The first-order valence-electron chi connectivity index (χ1n) is 7.27. The smallest absolute Gasteiger partial charge is 0.371 e. The SMILES string of the molecule is O=P(OCC(Cl)C1CO1)(OCC(Cl)C1CO1)OCC(Cl)C1CO1. The lowest BCUT2D eigenvalue weighted by atomic mass is 10.3. The summed E-state index contributed by atoms with van der Waals surface area (Å²) in [6, 6.07) is 0. The predicted molar refractivity (Wildman–Crippen MR) is 83.6 cm³/mol. The van der Waals surface area contributed by atoms with E-state index in [1.54, 1.807) is 0 Å². The fourth-order valence-corrected chi connectivity index (χ4v) is 3.86. The van der Waals surface area contributed by atoms with E-state index in [-0.39, 0.29) is 38.1 Å². The zero-order valence-corrected chi connectivity index (χ0v) is 15.3. The first-order valence-corrected chi connectivity index (χ1v) is 10.0. The summed E-state index contributed by atoms with van der Waals surface area (Å²) < 4.78 is 43.7. The molecule has 134 valence electrons. The van der Waals surface area contributed by atoms with Crippen LogP contribution in [0.2, 0.25) is 0 Å². The fourth-order valence-electron chi connectivity index (χ4n) is 1.71. The molecule has 0 amide bonds. The third kappa shape index (κ3) is 6.26. The molecule has 23 heavy (non-hydrogen) atoms. The van der Waals surface area contributed by atoms with Crippen molar-refractivity contribution in [2.24, 2.45) is 0 Å². The van der Waals surface area contributed by atoms with Gasteiger partial charge in [0.1, 0.15) is 0 Å². The normalized spacial score (nSPS) is 35.2. The fraction of sp³-hybridized carbons (Fsp3) is 1.00. The number of epoxide rings is 3. The van der Waals surface area contributed by atoms with Crippen molar-refractivity contribution in [3.8, 4) is 0 Å². The Labute approximate surface area is 149 Å². The van der Waals surface area contributed by atoms with Crippen LogP contribution in [0.1, 0.15) is 0 Å². The van der Waals surface area contributed by atoms with Crippen molar-refractivity contribution < 1.29 is 32.3 Å². The average molecular weight is 412 g/mol. The maximum absolute atomic E-state index is 12.7. The van der Waals surface area contributed by atoms with Gasteiger partial charge in [-0.25, -0.2) is 4.57 Å². The minimum atomic E-state index is -3.84. The Balaban J connectivity index is 1.47. The standard InChI is InChI=1S/C12H18Cl3O7P/c13-7(10-4-17-10)1-20-23(16,21-2-8(14)11-5-18-11)22-3-9(15)12-6-19-12/h7-12H,1-6H2. The molecule has 6 unspecified atom stereocenters. The molecule has 0 radical (unpaired) electrons. The monoisotopic (exact) mass is 410 g/mol. The van der Waals surface area contributed by atoms with Crippen LogP contribution >= 0.6 is 42.6 Å². The summed E-state index contributed by atoms with van der Waals surface area (Å²) in [6.07, 6.45) is -0.274. The number of hydrogen-bond acceptors (Lipinski definition) is 7. The molecule has 11 heteroatoms. The molecule has 0 N–H and O–H groups in total. The Hall–Kier alpha value is 0.860. The van der Waals surface area contributed by atoms with Gasteiger partial charge in [-0.15, -0.1) is 34.8 Å². The molecule has 6 atom stereocenters. The van der Waals surface area contributed by atoms with E-state index in [2.05, 4.69) is 0 Å². The second-order valence-corrected chi connectivity index (χ2v) is 8.85. The van der Waals surface area contributed by atoms with Gasteiger partial charge in [-0.05, 0) is 0 Å². The summed E-state index contributed by atoms with van der Waals surface area (Å²) in [7, 11) is -3.84. The molecule has 3 saturated heterocycles. The van der Waals surface area contributed by atoms with Gasteiger partial charge in [0, 0.05) is 0 Å². The van der Waals surface area contributed by atoms with Crippen molar-refractivity contribution in [2.75, 3.05) is 39.6 Å². The zero-order chi connectivity index (χ0) is 16.4. The lowest BCUT2D eigenvalue weighted by Crippen LogP contribution is -2.21. The van der Waals surface area contributed by atoms with E-state index < -0.39 is 24.0 Å². The number of hydrogen-bond donors (Lipinski definition) is 0. The maximum atomic E-state index is 12.7. The van der Waals surface area contributed by atoms with Gasteiger partial charge in [-0.1, -0.05) is 0 Å². The van der Waals surface area contributed by atoms with E-state index in [1.165, 1.54) is 0 Å². The molecule has 7 nitrogen and oxygen atoms in total. The molecule has 0 aromatic rings. The van der Waals surface area contributed by atoms with Gasteiger partial charge in [-0.3, -0.25) is 13.6 Å². The Morgan fingerprint density at radius 2 is 1.04 bits per heavy atom. The van der Waals surface area contributed by atoms with Crippen LogP contribution in [0.4, 0.5) is 0 Å². The van der Waals surface area contributed by atoms with Gasteiger partial charge in [0.25, 0.3) is 0 Å². The zero-order valence-electron chi connectivity index (χ0n) is 12.1. The molecule has 3 rings (SSSR count). The molecular formula is C12H18Cl3O7P. The summed E-state index contributed by atoms with van der Waals surface area (Å²) in [5.41, 5.74) is 0. The second-order valence-electron chi connectivity index (χ2n) is 5.50. The van der Waals surface area contributed by atoms with Crippen molar-refractivity contribution in [1.29, 1.82) is 0 Å². The first kappa shape index (κ1) is 18.6. The second kappa shape index (κ2) is 8.04. The number of phosphoric acid groups is 1. The minimum Gasteiger partial charge on any atom is -0.371 e. The number of rotatable bonds is 12. The summed E-state index contributed by atoms with van der Waals surface area (Å²) in [5, 5.41) is -1.27. The summed E-state index contributed by atoms with van der Waals surface area (Å²) >= 11 is 18.2. The largest absolute Gasteiger partial charge is 0.474 e. The molecule has 0 spiro atoms. The maximum Gasteiger partial charge on any atom is 0.474 e. The first-order chi connectivity index (χ1) is 11.0. The van der Waals surface area contributed by atoms with Crippen LogP contribution in [-0.2, 0) is 32.3 Å². The van der Waals surface area contributed by atoms with Gasteiger partial charge < -0.3 is 14.2 Å². The van der Waals surface area contributed by atoms with Crippen LogP contribution in [0.5, 0.6) is 0 Å². The number of halogens is 3. The van der Waals surface area contributed by atoms with E-state index in [9.17, 15) is 4.57 Å². The Kier molecular flexibility index (Phi) is 6.52. The number of alkyl halides is 3. The summed E-state index contributed by atoms with van der Waals surface area (Å²) in [4.78, 5) is 0. The van der Waals surface area contributed by atoms with Crippen molar-refractivity contribution in [3.63, 3.8) is 0 Å². The van der Waals surface area contributed by atoms with E-state index in [4.69, 9.17) is 62.6 Å². The third-order valence-corrected chi connectivity index (χ3v) is 6.08. The topological polar surface area (TPSA) is 82.4 Å².